The Labute approximate surface area is 184 Å². The van der Waals surface area contributed by atoms with Gasteiger partial charge in [0.2, 0.25) is 18.2 Å². The highest BCUT2D eigenvalue weighted by atomic mass is 16.7. The van der Waals surface area contributed by atoms with Crippen LogP contribution in [0.15, 0.2) is 24.3 Å². The van der Waals surface area contributed by atoms with E-state index >= 15 is 0 Å². The predicted octanol–water partition coefficient (Wildman–Crippen LogP) is 0.509. The predicted molar refractivity (Wildman–Crippen MR) is 117 cm³/mol. The molecule has 1 unspecified atom stereocenters. The largest absolute Gasteiger partial charge is 0.494 e. The molecule has 3 amide bonds. The first kappa shape index (κ1) is 23.3. The van der Waals surface area contributed by atoms with Crippen LogP contribution in [0.3, 0.4) is 0 Å². The van der Waals surface area contributed by atoms with Gasteiger partial charge >= 0.3 is 7.12 Å². The van der Waals surface area contributed by atoms with Crippen molar-refractivity contribution in [2.75, 3.05) is 6.54 Å². The Morgan fingerprint density at radius 2 is 1.81 bits per heavy atom. The molecule has 0 bridgehead atoms. The zero-order chi connectivity index (χ0) is 22.8. The topological polar surface area (TPSA) is 111 Å². The van der Waals surface area contributed by atoms with Gasteiger partial charge in [-0.05, 0) is 58.0 Å². The fourth-order valence-corrected chi connectivity index (χ4v) is 3.88. The Bertz CT molecular complexity index is 811. The number of likely N-dealkylation sites (tertiary alicyclic amines) is 1. The number of piperidine rings is 1. The fraction of sp³-hybridized carbons (Fsp3) is 0.591. The summed E-state index contributed by atoms with van der Waals surface area (Å²) in [5.74, 6) is -0.957. The van der Waals surface area contributed by atoms with Gasteiger partial charge < -0.3 is 25.3 Å². The van der Waals surface area contributed by atoms with Crippen LogP contribution < -0.4 is 16.5 Å². The molecule has 2 saturated heterocycles. The smallest absolute Gasteiger partial charge is 0.399 e. The molecule has 9 heteroatoms. The third-order valence-corrected chi connectivity index (χ3v) is 6.59. The zero-order valence-corrected chi connectivity index (χ0v) is 18.7. The summed E-state index contributed by atoms with van der Waals surface area (Å²) in [6, 6.07) is 6.13. The van der Waals surface area contributed by atoms with Crippen LogP contribution in [-0.4, -0.2) is 60.1 Å². The quantitative estimate of drug-likeness (QED) is 0.485. The van der Waals surface area contributed by atoms with Gasteiger partial charge in [0.25, 0.3) is 0 Å². The summed E-state index contributed by atoms with van der Waals surface area (Å²) in [5, 5.41) is 2.73. The van der Waals surface area contributed by atoms with E-state index in [4.69, 9.17) is 15.0 Å². The Balaban J connectivity index is 1.65. The molecule has 0 spiro atoms. The SMILES string of the molecule is CC1(C)OB(c2ccc(C[C@H](NC(=O)C3CCCCN3C=O)C(N)=O)cc2)OC1(C)C. The van der Waals surface area contributed by atoms with E-state index in [0.29, 0.717) is 19.4 Å². The maximum Gasteiger partial charge on any atom is 0.494 e. The van der Waals surface area contributed by atoms with Gasteiger partial charge in [0.05, 0.1) is 11.2 Å². The van der Waals surface area contributed by atoms with Crippen LogP contribution in [-0.2, 0) is 30.1 Å². The molecule has 0 aromatic heterocycles. The highest BCUT2D eigenvalue weighted by Crippen LogP contribution is 2.36. The van der Waals surface area contributed by atoms with Crippen molar-refractivity contribution in [1.82, 2.24) is 10.2 Å². The number of amides is 3. The fourth-order valence-electron chi connectivity index (χ4n) is 3.88. The summed E-state index contributed by atoms with van der Waals surface area (Å²) in [4.78, 5) is 37.4. The summed E-state index contributed by atoms with van der Waals surface area (Å²) in [5.41, 5.74) is 6.42. The Hall–Kier alpha value is -2.39. The number of benzene rings is 1. The van der Waals surface area contributed by atoms with Crippen LogP contribution in [0.4, 0.5) is 0 Å². The molecule has 2 heterocycles. The van der Waals surface area contributed by atoms with Gasteiger partial charge in [0, 0.05) is 13.0 Å². The van der Waals surface area contributed by atoms with E-state index in [1.54, 1.807) is 0 Å². The van der Waals surface area contributed by atoms with Crippen LogP contribution in [0.5, 0.6) is 0 Å². The van der Waals surface area contributed by atoms with Crippen molar-refractivity contribution in [1.29, 1.82) is 0 Å². The van der Waals surface area contributed by atoms with Gasteiger partial charge in [-0.25, -0.2) is 0 Å². The second kappa shape index (κ2) is 9.00. The van der Waals surface area contributed by atoms with Gasteiger partial charge in [0.1, 0.15) is 12.1 Å². The van der Waals surface area contributed by atoms with Crippen molar-refractivity contribution in [3.8, 4) is 0 Å². The average Bonchev–Trinajstić information content (AvgIpc) is 2.94. The molecule has 2 fully saturated rings. The standard InChI is InChI=1S/C22H32BN3O5/c1-21(2)22(3,4)31-23(30-21)16-10-8-15(9-11-16)13-17(19(24)28)25-20(29)18-7-5-6-12-26(18)14-27/h8-11,14,17-18H,5-7,12-13H2,1-4H3,(H2,24,28)(H,25,29)/t17-,18?/m0/s1. The number of nitrogens with zero attached hydrogens (tertiary/aromatic N) is 1. The number of nitrogens with one attached hydrogen (secondary N) is 1. The van der Waals surface area contributed by atoms with Crippen molar-refractivity contribution in [3.63, 3.8) is 0 Å². The number of rotatable bonds is 7. The zero-order valence-electron chi connectivity index (χ0n) is 18.7. The number of primary amides is 1. The maximum atomic E-state index is 12.7. The molecule has 0 aliphatic carbocycles. The highest BCUT2D eigenvalue weighted by molar-refractivity contribution is 6.62. The molecule has 1 aromatic rings. The molecule has 1 aromatic carbocycles. The molecular formula is C22H32BN3O5. The maximum absolute atomic E-state index is 12.7. The summed E-state index contributed by atoms with van der Waals surface area (Å²) < 4.78 is 12.1. The van der Waals surface area contributed by atoms with Crippen molar-refractivity contribution in [2.24, 2.45) is 5.73 Å². The van der Waals surface area contributed by atoms with Crippen LogP contribution >= 0.6 is 0 Å². The lowest BCUT2D eigenvalue weighted by Crippen LogP contribution is -2.54. The lowest BCUT2D eigenvalue weighted by atomic mass is 9.78. The summed E-state index contributed by atoms with van der Waals surface area (Å²) >= 11 is 0. The Kier molecular flexibility index (Phi) is 6.76. The van der Waals surface area contributed by atoms with Gasteiger partial charge in [-0.1, -0.05) is 24.3 Å². The monoisotopic (exact) mass is 429 g/mol. The van der Waals surface area contributed by atoms with E-state index in [0.717, 1.165) is 23.9 Å². The second-order valence-electron chi connectivity index (χ2n) is 9.35. The number of carbonyl (C=O) groups excluding carboxylic acids is 3. The summed E-state index contributed by atoms with van der Waals surface area (Å²) in [6.07, 6.45) is 3.27. The first-order valence-corrected chi connectivity index (χ1v) is 10.8. The van der Waals surface area contributed by atoms with E-state index in [1.807, 2.05) is 52.0 Å². The van der Waals surface area contributed by atoms with Crippen LogP contribution in [0.1, 0.15) is 52.5 Å². The van der Waals surface area contributed by atoms with E-state index < -0.39 is 36.3 Å². The molecule has 0 radical (unpaired) electrons. The first-order chi connectivity index (χ1) is 14.5. The van der Waals surface area contributed by atoms with Crippen LogP contribution in [0.25, 0.3) is 0 Å². The van der Waals surface area contributed by atoms with Crippen LogP contribution in [0, 0.1) is 0 Å². The molecular weight excluding hydrogens is 397 g/mol. The van der Waals surface area contributed by atoms with Crippen molar-refractivity contribution >= 4 is 30.8 Å². The number of hydrogen-bond donors (Lipinski definition) is 2. The first-order valence-electron chi connectivity index (χ1n) is 10.8. The Morgan fingerprint density at radius 1 is 1.19 bits per heavy atom. The average molecular weight is 429 g/mol. The minimum atomic E-state index is -0.856. The normalized spacial score (nSPS) is 23.3. The summed E-state index contributed by atoms with van der Waals surface area (Å²) in [6.45, 7) is 8.54. The van der Waals surface area contributed by atoms with E-state index in [9.17, 15) is 14.4 Å². The molecule has 0 saturated carbocycles. The third-order valence-electron chi connectivity index (χ3n) is 6.59. The molecule has 2 atom stereocenters. The van der Waals surface area contributed by atoms with Crippen molar-refractivity contribution in [2.45, 2.75) is 76.7 Å². The minimum Gasteiger partial charge on any atom is -0.399 e. The third kappa shape index (κ3) is 5.10. The van der Waals surface area contributed by atoms with Crippen molar-refractivity contribution in [3.05, 3.63) is 29.8 Å². The van der Waals surface area contributed by atoms with E-state index in [2.05, 4.69) is 5.32 Å². The summed E-state index contributed by atoms with van der Waals surface area (Å²) in [7, 11) is -0.466. The molecule has 2 aliphatic rings. The van der Waals surface area contributed by atoms with Gasteiger partial charge in [-0.2, -0.15) is 0 Å². The number of carbonyl (C=O) groups is 3. The molecule has 3 N–H and O–H groups in total. The van der Waals surface area contributed by atoms with Crippen molar-refractivity contribution < 1.29 is 23.7 Å². The van der Waals surface area contributed by atoms with E-state index in [1.165, 1.54) is 4.90 Å². The molecule has 168 valence electrons. The Morgan fingerprint density at radius 3 is 2.35 bits per heavy atom. The molecule has 8 nitrogen and oxygen atoms in total. The van der Waals surface area contributed by atoms with E-state index in [-0.39, 0.29) is 12.3 Å². The lowest BCUT2D eigenvalue weighted by Gasteiger charge is -2.32. The lowest BCUT2D eigenvalue weighted by molar-refractivity contribution is -0.136. The molecule has 31 heavy (non-hydrogen) atoms. The molecule has 2 aliphatic heterocycles. The number of hydrogen-bond acceptors (Lipinski definition) is 5. The second-order valence-corrected chi connectivity index (χ2v) is 9.35. The van der Waals surface area contributed by atoms with Gasteiger partial charge in [0.15, 0.2) is 0 Å². The van der Waals surface area contributed by atoms with Gasteiger partial charge in [-0.3, -0.25) is 14.4 Å². The molecule has 3 rings (SSSR count). The van der Waals surface area contributed by atoms with Gasteiger partial charge in [-0.15, -0.1) is 0 Å². The highest BCUT2D eigenvalue weighted by Gasteiger charge is 2.51. The van der Waals surface area contributed by atoms with Crippen LogP contribution in [0.2, 0.25) is 0 Å². The number of nitrogens with two attached hydrogens (primary N) is 1. The minimum absolute atomic E-state index is 0.262.